The summed E-state index contributed by atoms with van der Waals surface area (Å²) in [6.07, 6.45) is 3.90. The molecule has 2 heterocycles. The standard InChI is InChI=1S/C13H8Cl2N2.HI/c14-9-4-5-10(11(15)7-9)12-8-17-6-2-1-3-13(17)16-12;/h1-8H;1H/p-1. The number of pyridine rings is 1. The number of nitrogens with zero attached hydrogens (tertiary/aromatic N) is 2. The van der Waals surface area contributed by atoms with Crippen molar-refractivity contribution >= 4 is 28.8 Å². The lowest BCUT2D eigenvalue weighted by atomic mass is 10.2. The first kappa shape index (κ1) is 13.6. The molecule has 0 fully saturated rings. The number of imidazole rings is 1. The zero-order chi connectivity index (χ0) is 11.8. The predicted molar refractivity (Wildman–Crippen MR) is 70.6 cm³/mol. The monoisotopic (exact) mass is 389 g/mol. The third-order valence-electron chi connectivity index (χ3n) is 2.57. The highest BCUT2D eigenvalue weighted by atomic mass is 127. The van der Waals surface area contributed by atoms with Crippen molar-refractivity contribution in [2.24, 2.45) is 0 Å². The molecular weight excluding hydrogens is 382 g/mol. The molecule has 0 saturated heterocycles. The Kier molecular flexibility index (Phi) is 4.14. The van der Waals surface area contributed by atoms with Gasteiger partial charge in [-0.2, -0.15) is 0 Å². The van der Waals surface area contributed by atoms with E-state index in [1.165, 1.54) is 0 Å². The van der Waals surface area contributed by atoms with Gasteiger partial charge < -0.3 is 28.4 Å². The van der Waals surface area contributed by atoms with Crippen LogP contribution >= 0.6 is 23.2 Å². The van der Waals surface area contributed by atoms with E-state index >= 15 is 0 Å². The minimum atomic E-state index is 0. The van der Waals surface area contributed by atoms with E-state index in [9.17, 15) is 0 Å². The number of aromatic nitrogens is 2. The smallest absolute Gasteiger partial charge is 0.137 e. The van der Waals surface area contributed by atoms with E-state index in [2.05, 4.69) is 4.98 Å². The molecule has 2 nitrogen and oxygen atoms in total. The van der Waals surface area contributed by atoms with Gasteiger partial charge in [-0.05, 0) is 30.3 Å². The Labute approximate surface area is 132 Å². The first-order chi connectivity index (χ1) is 8.24. The van der Waals surface area contributed by atoms with Gasteiger partial charge in [0.05, 0.1) is 10.7 Å². The van der Waals surface area contributed by atoms with Gasteiger partial charge in [0.2, 0.25) is 0 Å². The number of hydrogen-bond acceptors (Lipinski definition) is 1. The Morgan fingerprint density at radius 2 is 1.89 bits per heavy atom. The molecule has 0 radical (unpaired) electrons. The van der Waals surface area contributed by atoms with Crippen molar-refractivity contribution in [1.29, 1.82) is 0 Å². The number of hydrogen-bond donors (Lipinski definition) is 0. The van der Waals surface area contributed by atoms with Crippen molar-refractivity contribution in [1.82, 2.24) is 9.38 Å². The quantitative estimate of drug-likeness (QED) is 0.574. The lowest BCUT2D eigenvalue weighted by Gasteiger charge is -2.00. The molecule has 0 aliphatic rings. The average Bonchev–Trinajstić information content (AvgIpc) is 2.72. The van der Waals surface area contributed by atoms with Crippen molar-refractivity contribution in [3.63, 3.8) is 0 Å². The fourth-order valence-electron chi connectivity index (χ4n) is 1.76. The molecular formula is C13H8Cl2IN2-. The van der Waals surface area contributed by atoms with Gasteiger partial charge in [0, 0.05) is 23.0 Å². The van der Waals surface area contributed by atoms with Crippen LogP contribution in [0.2, 0.25) is 10.0 Å². The minimum Gasteiger partial charge on any atom is -1.00 e. The fourth-order valence-corrected chi connectivity index (χ4v) is 2.27. The normalized spacial score (nSPS) is 10.3. The summed E-state index contributed by atoms with van der Waals surface area (Å²) in [5.74, 6) is 0. The van der Waals surface area contributed by atoms with Gasteiger partial charge in [-0.3, -0.25) is 0 Å². The second-order valence-corrected chi connectivity index (χ2v) is 4.56. The first-order valence-electron chi connectivity index (χ1n) is 5.13. The van der Waals surface area contributed by atoms with Crippen molar-refractivity contribution in [2.75, 3.05) is 0 Å². The Morgan fingerprint density at radius 3 is 2.61 bits per heavy atom. The zero-order valence-corrected chi connectivity index (χ0v) is 12.8. The molecule has 0 atom stereocenters. The lowest BCUT2D eigenvalue weighted by molar-refractivity contribution is -0.00000324. The van der Waals surface area contributed by atoms with Crippen molar-refractivity contribution in [3.8, 4) is 11.3 Å². The number of fused-ring (bicyclic) bond motifs is 1. The highest BCUT2D eigenvalue weighted by molar-refractivity contribution is 6.36. The van der Waals surface area contributed by atoms with E-state index in [1.54, 1.807) is 6.07 Å². The second-order valence-electron chi connectivity index (χ2n) is 3.72. The molecule has 0 aliphatic heterocycles. The third kappa shape index (κ3) is 2.48. The molecule has 5 heteroatoms. The molecule has 3 rings (SSSR count). The molecule has 0 amide bonds. The van der Waals surface area contributed by atoms with Gasteiger partial charge in [0.1, 0.15) is 5.65 Å². The summed E-state index contributed by atoms with van der Waals surface area (Å²) >= 11 is 12.0. The number of benzene rings is 1. The molecule has 0 N–H and O–H groups in total. The van der Waals surface area contributed by atoms with Crippen LogP contribution in [0.15, 0.2) is 48.8 Å². The molecule has 18 heavy (non-hydrogen) atoms. The van der Waals surface area contributed by atoms with Crippen LogP contribution in [-0.4, -0.2) is 9.38 Å². The molecule has 0 bridgehead atoms. The van der Waals surface area contributed by atoms with Gasteiger partial charge in [-0.15, -0.1) is 0 Å². The van der Waals surface area contributed by atoms with E-state index in [0.29, 0.717) is 10.0 Å². The van der Waals surface area contributed by atoms with Crippen LogP contribution in [0.1, 0.15) is 0 Å². The van der Waals surface area contributed by atoms with Crippen LogP contribution in [-0.2, 0) is 0 Å². The Hall–Kier alpha value is -0.780. The van der Waals surface area contributed by atoms with Gasteiger partial charge in [-0.1, -0.05) is 29.3 Å². The molecule has 0 saturated carbocycles. The van der Waals surface area contributed by atoms with E-state index in [1.807, 2.05) is 47.1 Å². The van der Waals surface area contributed by atoms with Crippen LogP contribution in [0.25, 0.3) is 16.9 Å². The van der Waals surface area contributed by atoms with Crippen molar-refractivity contribution in [2.45, 2.75) is 0 Å². The van der Waals surface area contributed by atoms with Crippen LogP contribution in [0.4, 0.5) is 0 Å². The molecule has 92 valence electrons. The zero-order valence-electron chi connectivity index (χ0n) is 9.15. The third-order valence-corrected chi connectivity index (χ3v) is 3.12. The highest BCUT2D eigenvalue weighted by Crippen LogP contribution is 2.29. The summed E-state index contributed by atoms with van der Waals surface area (Å²) in [5.41, 5.74) is 2.63. The van der Waals surface area contributed by atoms with Crippen molar-refractivity contribution in [3.05, 3.63) is 58.8 Å². The molecule has 3 aromatic rings. The SMILES string of the molecule is Clc1ccc(-c2cn3ccccc3n2)c(Cl)c1.[I-]. The summed E-state index contributed by atoms with van der Waals surface area (Å²) in [7, 11) is 0. The molecule has 0 spiro atoms. The first-order valence-corrected chi connectivity index (χ1v) is 5.89. The van der Waals surface area contributed by atoms with Crippen LogP contribution in [0.5, 0.6) is 0 Å². The molecule has 2 aromatic heterocycles. The Morgan fingerprint density at radius 1 is 1.06 bits per heavy atom. The van der Waals surface area contributed by atoms with Gasteiger partial charge in [0.15, 0.2) is 0 Å². The number of rotatable bonds is 1. The Bertz CT molecular complexity index is 661. The van der Waals surface area contributed by atoms with E-state index in [0.717, 1.165) is 16.9 Å². The van der Waals surface area contributed by atoms with Gasteiger partial charge in [-0.25, -0.2) is 4.98 Å². The van der Waals surface area contributed by atoms with Gasteiger partial charge in [0.25, 0.3) is 0 Å². The average molecular weight is 390 g/mol. The fraction of sp³-hybridized carbons (Fsp3) is 0. The van der Waals surface area contributed by atoms with E-state index < -0.39 is 0 Å². The second kappa shape index (κ2) is 5.47. The minimum absolute atomic E-state index is 0. The lowest BCUT2D eigenvalue weighted by Crippen LogP contribution is -3.00. The largest absolute Gasteiger partial charge is 1.00 e. The van der Waals surface area contributed by atoms with E-state index in [4.69, 9.17) is 23.2 Å². The summed E-state index contributed by atoms with van der Waals surface area (Å²) in [4.78, 5) is 4.51. The summed E-state index contributed by atoms with van der Waals surface area (Å²) in [6.45, 7) is 0. The summed E-state index contributed by atoms with van der Waals surface area (Å²) < 4.78 is 1.96. The van der Waals surface area contributed by atoms with Gasteiger partial charge >= 0.3 is 0 Å². The topological polar surface area (TPSA) is 17.3 Å². The highest BCUT2D eigenvalue weighted by Gasteiger charge is 2.08. The van der Waals surface area contributed by atoms with Crippen LogP contribution in [0.3, 0.4) is 0 Å². The van der Waals surface area contributed by atoms with Crippen LogP contribution < -0.4 is 24.0 Å². The molecule has 0 aliphatic carbocycles. The van der Waals surface area contributed by atoms with Crippen LogP contribution in [0, 0.1) is 0 Å². The molecule has 1 aromatic carbocycles. The maximum atomic E-state index is 6.16. The maximum absolute atomic E-state index is 6.16. The number of halogens is 3. The Balaban J connectivity index is 0.00000120. The summed E-state index contributed by atoms with van der Waals surface area (Å²) in [6, 6.07) is 11.3. The van der Waals surface area contributed by atoms with Crippen molar-refractivity contribution < 1.29 is 24.0 Å². The summed E-state index contributed by atoms with van der Waals surface area (Å²) in [5, 5.41) is 1.24. The maximum Gasteiger partial charge on any atom is 0.137 e. The predicted octanol–water partition coefficient (Wildman–Crippen LogP) is 1.31. The van der Waals surface area contributed by atoms with E-state index in [-0.39, 0.29) is 24.0 Å². The molecule has 0 unspecified atom stereocenters.